The standard InChI is InChI=1S/C24H28N7O11PS/c1-37-19-18(33)15(41-23(19)31-10-28-17-20(25)26-9-27-21(17)31)8-39-43(36,44)42-13-5-16(40-14(13)7-32)30-6-11(12-3-2-4-38-12)22(34)29-24(30)35/h2-4,6,9-10,13-16,18-19,23,32-33H,5,7-8H2,1H3,(H,36,44)(H2,25,26,27)(H,29,34,35)/t13?,14-,15-,16-,18?,19+,23-,43?/m1/s1. The summed E-state index contributed by atoms with van der Waals surface area (Å²) in [5.41, 5.74) is 5.25. The van der Waals surface area contributed by atoms with Gasteiger partial charge in [-0.2, -0.15) is 0 Å². The lowest BCUT2D eigenvalue weighted by molar-refractivity contribution is -0.0599. The van der Waals surface area contributed by atoms with Gasteiger partial charge in [0.15, 0.2) is 17.7 Å². The van der Waals surface area contributed by atoms with Crippen molar-refractivity contribution in [3.8, 4) is 11.3 Å². The van der Waals surface area contributed by atoms with Gasteiger partial charge in [-0.15, -0.1) is 0 Å². The van der Waals surface area contributed by atoms with E-state index in [0.717, 1.165) is 4.57 Å². The molecule has 0 amide bonds. The number of nitrogen functional groups attached to an aromatic ring is 1. The molecule has 6 rings (SSSR count). The number of H-pyrrole nitrogens is 1. The van der Waals surface area contributed by atoms with E-state index in [4.69, 9.17) is 45.2 Å². The summed E-state index contributed by atoms with van der Waals surface area (Å²) in [5, 5.41) is 20.8. The van der Waals surface area contributed by atoms with E-state index < -0.39 is 67.6 Å². The van der Waals surface area contributed by atoms with Crippen molar-refractivity contribution in [1.29, 1.82) is 0 Å². The molecule has 0 radical (unpaired) electrons. The molecule has 20 heteroatoms. The number of hydrogen-bond donors (Lipinski definition) is 5. The van der Waals surface area contributed by atoms with Gasteiger partial charge in [-0.05, 0) is 23.9 Å². The number of aliphatic hydroxyl groups is 2. The molecular weight excluding hydrogens is 625 g/mol. The van der Waals surface area contributed by atoms with Gasteiger partial charge in [-0.3, -0.25) is 18.9 Å². The molecule has 2 aliphatic rings. The Labute approximate surface area is 252 Å². The molecule has 236 valence electrons. The summed E-state index contributed by atoms with van der Waals surface area (Å²) >= 11 is 5.21. The van der Waals surface area contributed by atoms with Crippen LogP contribution in [0.4, 0.5) is 5.82 Å². The van der Waals surface area contributed by atoms with E-state index in [0.29, 0.717) is 11.2 Å². The van der Waals surface area contributed by atoms with Gasteiger partial charge in [-0.1, -0.05) is 0 Å². The third kappa shape index (κ3) is 5.74. The second kappa shape index (κ2) is 12.2. The van der Waals surface area contributed by atoms with Gasteiger partial charge < -0.3 is 48.5 Å². The molecule has 2 saturated heterocycles. The molecule has 0 aromatic carbocycles. The minimum Gasteiger partial charge on any atom is -0.464 e. The smallest absolute Gasteiger partial charge is 0.330 e. The highest BCUT2D eigenvalue weighted by Gasteiger charge is 2.47. The number of aromatic amines is 1. The number of imidazole rings is 1. The van der Waals surface area contributed by atoms with Crippen LogP contribution in [0.5, 0.6) is 0 Å². The van der Waals surface area contributed by atoms with Crippen LogP contribution < -0.4 is 17.0 Å². The Morgan fingerprint density at radius 1 is 1.23 bits per heavy atom. The first-order chi connectivity index (χ1) is 21.1. The van der Waals surface area contributed by atoms with Gasteiger partial charge >= 0.3 is 12.4 Å². The molecule has 3 unspecified atom stereocenters. The minimum absolute atomic E-state index is 0.0356. The van der Waals surface area contributed by atoms with Gasteiger partial charge in [0.2, 0.25) is 0 Å². The number of furan rings is 1. The number of nitrogens with zero attached hydrogens (tertiary/aromatic N) is 5. The Balaban J connectivity index is 1.13. The van der Waals surface area contributed by atoms with Gasteiger partial charge in [0, 0.05) is 19.7 Å². The molecule has 0 aliphatic carbocycles. The van der Waals surface area contributed by atoms with Crippen molar-refractivity contribution in [2.45, 2.75) is 49.4 Å². The second-order valence-corrected chi connectivity index (χ2v) is 12.8. The van der Waals surface area contributed by atoms with Crippen LogP contribution in [0.1, 0.15) is 18.9 Å². The Hall–Kier alpha value is -3.36. The maximum Gasteiger partial charge on any atom is 0.330 e. The molecule has 18 nitrogen and oxygen atoms in total. The highest BCUT2D eigenvalue weighted by atomic mass is 32.5. The second-order valence-electron chi connectivity index (χ2n) is 9.98. The maximum atomic E-state index is 12.6. The number of fused-ring (bicyclic) bond motifs is 1. The summed E-state index contributed by atoms with van der Waals surface area (Å²) in [6, 6.07) is 3.15. The van der Waals surface area contributed by atoms with Gasteiger partial charge in [0.25, 0.3) is 5.56 Å². The Morgan fingerprint density at radius 2 is 2.05 bits per heavy atom. The Kier molecular flexibility index (Phi) is 8.50. The lowest BCUT2D eigenvalue weighted by atomic mass is 10.1. The topological polar surface area (TPSA) is 244 Å². The van der Waals surface area contributed by atoms with Crippen molar-refractivity contribution in [3.05, 3.63) is 58.1 Å². The van der Waals surface area contributed by atoms with Crippen molar-refractivity contribution in [2.75, 3.05) is 26.1 Å². The number of nitrogens with two attached hydrogens (primary N) is 1. The summed E-state index contributed by atoms with van der Waals surface area (Å²) in [5.74, 6) is 0.402. The fraction of sp³-hybridized carbons (Fsp3) is 0.458. The molecule has 4 aromatic heterocycles. The van der Waals surface area contributed by atoms with Crippen LogP contribution in [-0.4, -0.2) is 95.0 Å². The average Bonchev–Trinajstić information content (AvgIpc) is 3.78. The van der Waals surface area contributed by atoms with E-state index in [1.165, 1.54) is 36.8 Å². The van der Waals surface area contributed by atoms with E-state index in [2.05, 4.69) is 19.9 Å². The molecular formula is C24H28N7O11PS. The summed E-state index contributed by atoms with van der Waals surface area (Å²) in [6.07, 6.45) is -1.65. The molecule has 0 spiro atoms. The largest absolute Gasteiger partial charge is 0.464 e. The first kappa shape index (κ1) is 30.7. The molecule has 0 saturated carbocycles. The van der Waals surface area contributed by atoms with Crippen LogP contribution in [0.2, 0.25) is 0 Å². The lowest BCUT2D eigenvalue weighted by Gasteiger charge is -2.24. The van der Waals surface area contributed by atoms with E-state index in [1.807, 2.05) is 0 Å². The zero-order chi connectivity index (χ0) is 31.2. The van der Waals surface area contributed by atoms with Crippen LogP contribution in [0.15, 0.2) is 51.3 Å². The number of ether oxygens (including phenoxy) is 3. The van der Waals surface area contributed by atoms with Crippen molar-refractivity contribution < 1.29 is 42.8 Å². The number of hydrogen-bond acceptors (Lipinski definition) is 15. The molecule has 6 N–H and O–H groups in total. The molecule has 2 aliphatic heterocycles. The number of anilines is 1. The number of aliphatic hydroxyl groups excluding tert-OH is 2. The van der Waals surface area contributed by atoms with Crippen molar-refractivity contribution in [3.63, 3.8) is 0 Å². The first-order valence-electron chi connectivity index (χ1n) is 13.2. The fourth-order valence-corrected chi connectivity index (χ4v) is 6.69. The zero-order valence-corrected chi connectivity index (χ0v) is 24.6. The molecule has 6 heterocycles. The number of rotatable bonds is 10. The predicted molar refractivity (Wildman–Crippen MR) is 152 cm³/mol. The van der Waals surface area contributed by atoms with Gasteiger partial charge in [-0.25, -0.2) is 19.7 Å². The van der Waals surface area contributed by atoms with E-state index >= 15 is 0 Å². The molecule has 44 heavy (non-hydrogen) atoms. The van der Waals surface area contributed by atoms with Gasteiger partial charge in [0.05, 0.1) is 37.5 Å². The normalized spacial score (nSPS) is 28.5. The van der Waals surface area contributed by atoms with Gasteiger partial charge in [0.1, 0.15) is 48.2 Å². The van der Waals surface area contributed by atoms with E-state index in [1.54, 1.807) is 12.1 Å². The van der Waals surface area contributed by atoms with Crippen molar-refractivity contribution in [1.82, 2.24) is 29.1 Å². The number of aromatic nitrogens is 6. The van der Waals surface area contributed by atoms with Crippen LogP contribution in [0.25, 0.3) is 22.5 Å². The van der Waals surface area contributed by atoms with Crippen molar-refractivity contribution in [2.24, 2.45) is 0 Å². The Morgan fingerprint density at radius 3 is 2.77 bits per heavy atom. The minimum atomic E-state index is -4.02. The molecule has 0 bridgehead atoms. The summed E-state index contributed by atoms with van der Waals surface area (Å²) in [4.78, 5) is 50.4. The van der Waals surface area contributed by atoms with E-state index in [9.17, 15) is 24.7 Å². The van der Waals surface area contributed by atoms with Crippen LogP contribution >= 0.6 is 6.72 Å². The highest BCUT2D eigenvalue weighted by Crippen LogP contribution is 2.49. The summed E-state index contributed by atoms with van der Waals surface area (Å²) in [6.45, 7) is -4.94. The quantitative estimate of drug-likeness (QED) is 0.134. The number of nitrogens with one attached hydrogen (secondary N) is 1. The van der Waals surface area contributed by atoms with Crippen LogP contribution in [-0.2, 0) is 35.1 Å². The average molecular weight is 654 g/mol. The highest BCUT2D eigenvalue weighted by molar-refractivity contribution is 8.07. The van der Waals surface area contributed by atoms with E-state index in [-0.39, 0.29) is 30.2 Å². The van der Waals surface area contributed by atoms with Crippen molar-refractivity contribution >= 4 is 35.5 Å². The summed E-state index contributed by atoms with van der Waals surface area (Å²) in [7, 11) is 1.40. The molecule has 2 fully saturated rings. The van der Waals surface area contributed by atoms with Crippen LogP contribution in [0, 0.1) is 0 Å². The van der Waals surface area contributed by atoms with Crippen LogP contribution in [0.3, 0.4) is 0 Å². The Bertz CT molecular complexity index is 1800. The SMILES string of the molecule is CO[C@H]1C(O)[C@@H](COP(O)(=S)OC2C[C@H](n3cc(-c4ccco4)c(=O)[nH]c3=O)O[C@@H]2CO)O[C@H]1n1cnc2c(N)ncnc21. The first-order valence-corrected chi connectivity index (χ1v) is 15.8. The zero-order valence-electron chi connectivity index (χ0n) is 22.9. The third-order valence-electron chi connectivity index (χ3n) is 7.34. The fourth-order valence-electron chi connectivity index (χ4n) is 5.21. The summed E-state index contributed by atoms with van der Waals surface area (Å²) < 4.78 is 36.4. The molecule has 8 atom stereocenters. The number of methoxy groups -OCH3 is 1. The lowest BCUT2D eigenvalue weighted by Crippen LogP contribution is -2.35. The molecule has 4 aromatic rings. The predicted octanol–water partition coefficient (Wildman–Crippen LogP) is -0.610. The monoisotopic (exact) mass is 653 g/mol. The third-order valence-corrected chi connectivity index (χ3v) is 8.93. The maximum absolute atomic E-state index is 12.6.